The van der Waals surface area contributed by atoms with Gasteiger partial charge in [-0.15, -0.1) is 0 Å². The van der Waals surface area contributed by atoms with Gasteiger partial charge in [-0.25, -0.2) is 14.6 Å². The van der Waals surface area contributed by atoms with E-state index in [0.717, 1.165) is 35.1 Å². The van der Waals surface area contributed by atoms with Crippen molar-refractivity contribution in [2.24, 2.45) is 0 Å². The molecule has 0 aliphatic carbocycles. The van der Waals surface area contributed by atoms with Gasteiger partial charge >= 0.3 is 11.9 Å². The van der Waals surface area contributed by atoms with E-state index in [0.29, 0.717) is 29.1 Å². The van der Waals surface area contributed by atoms with Crippen LogP contribution in [-0.2, 0) is 22.4 Å². The first-order chi connectivity index (χ1) is 17.4. The number of carbonyl (C=O) groups is 2. The van der Waals surface area contributed by atoms with Crippen molar-refractivity contribution in [2.75, 3.05) is 14.2 Å². The molecule has 0 saturated carbocycles. The van der Waals surface area contributed by atoms with E-state index in [2.05, 4.69) is 16.9 Å². The third-order valence-corrected chi connectivity index (χ3v) is 6.08. The number of hydrogen-bond acceptors (Lipinski definition) is 5. The zero-order valence-corrected chi connectivity index (χ0v) is 20.6. The maximum absolute atomic E-state index is 12.7. The number of fused-ring (bicyclic) bond motifs is 1. The summed E-state index contributed by atoms with van der Waals surface area (Å²) < 4.78 is 12.2. The number of rotatable bonds is 10. The lowest BCUT2D eigenvalue weighted by Gasteiger charge is -2.16. The van der Waals surface area contributed by atoms with Crippen molar-refractivity contribution in [1.82, 2.24) is 14.5 Å². The van der Waals surface area contributed by atoms with Crippen LogP contribution >= 0.6 is 0 Å². The molecule has 0 fully saturated rings. The predicted octanol–water partition coefficient (Wildman–Crippen LogP) is 5.20. The minimum Gasteiger partial charge on any atom is -0.497 e. The van der Waals surface area contributed by atoms with E-state index in [9.17, 15) is 14.7 Å². The maximum atomic E-state index is 12.7. The zero-order chi connectivity index (χ0) is 25.7. The number of hydrogen-bond donors (Lipinski definition) is 2. The molecular weight excluding hydrogens is 458 g/mol. The number of methoxy groups -OCH3 is 2. The maximum Gasteiger partial charge on any atom is 0.340 e. The summed E-state index contributed by atoms with van der Waals surface area (Å²) in [4.78, 5) is 32.7. The van der Waals surface area contributed by atoms with Gasteiger partial charge in [0.1, 0.15) is 11.6 Å². The number of H-pyrrole nitrogens is 1. The fourth-order valence-corrected chi connectivity index (χ4v) is 4.21. The van der Waals surface area contributed by atoms with Crippen molar-refractivity contribution >= 4 is 28.9 Å². The Labute approximate surface area is 209 Å². The van der Waals surface area contributed by atoms with E-state index < -0.39 is 11.9 Å². The second-order valence-corrected chi connectivity index (χ2v) is 8.46. The molecule has 0 aliphatic heterocycles. The molecule has 0 bridgehead atoms. The van der Waals surface area contributed by atoms with Crippen LogP contribution in [0.5, 0.6) is 5.75 Å². The number of nitrogens with zero attached hydrogens (tertiary/aromatic N) is 2. The summed E-state index contributed by atoms with van der Waals surface area (Å²) in [5.41, 5.74) is 3.51. The minimum atomic E-state index is -1.02. The van der Waals surface area contributed by atoms with Crippen LogP contribution in [0.25, 0.3) is 22.7 Å². The molecule has 8 heteroatoms. The lowest BCUT2D eigenvalue weighted by atomic mass is 10.0. The summed E-state index contributed by atoms with van der Waals surface area (Å²) in [6, 6.07) is 12.9. The monoisotopic (exact) mass is 487 g/mol. The molecule has 0 amide bonds. The molecule has 2 heterocycles. The van der Waals surface area contributed by atoms with E-state index in [-0.39, 0.29) is 12.0 Å². The number of carbonyl (C=O) groups excluding carboxylic acids is 1. The van der Waals surface area contributed by atoms with E-state index in [1.54, 1.807) is 30.5 Å². The van der Waals surface area contributed by atoms with Crippen molar-refractivity contribution in [1.29, 1.82) is 0 Å². The third kappa shape index (κ3) is 5.17. The highest BCUT2D eigenvalue weighted by Gasteiger charge is 2.20. The zero-order valence-electron chi connectivity index (χ0n) is 20.6. The van der Waals surface area contributed by atoms with Gasteiger partial charge < -0.3 is 19.6 Å². The summed E-state index contributed by atoms with van der Waals surface area (Å²) in [5.74, 6) is -0.295. The lowest BCUT2D eigenvalue weighted by Crippen LogP contribution is -2.12. The highest BCUT2D eigenvalue weighted by atomic mass is 16.5. The minimum absolute atomic E-state index is 0.209. The lowest BCUT2D eigenvalue weighted by molar-refractivity contribution is -0.132. The van der Waals surface area contributed by atoms with Gasteiger partial charge in [-0.3, -0.25) is 4.57 Å². The Hall–Kier alpha value is -4.33. The number of carboxylic acid groups (broad SMARTS) is 1. The Morgan fingerprint density at radius 2 is 1.97 bits per heavy atom. The number of unbranched alkanes of at least 4 members (excludes halogenated alkanes) is 1. The van der Waals surface area contributed by atoms with Gasteiger partial charge in [0.15, 0.2) is 0 Å². The van der Waals surface area contributed by atoms with Gasteiger partial charge in [0.05, 0.1) is 37.4 Å². The van der Waals surface area contributed by atoms with E-state index in [4.69, 9.17) is 9.47 Å². The molecule has 4 aromatic rings. The van der Waals surface area contributed by atoms with Crippen LogP contribution in [0.2, 0.25) is 0 Å². The molecule has 0 saturated heterocycles. The van der Waals surface area contributed by atoms with Gasteiger partial charge in [0.2, 0.25) is 0 Å². The number of benzene rings is 2. The van der Waals surface area contributed by atoms with E-state index in [1.165, 1.54) is 14.2 Å². The molecule has 0 spiro atoms. The largest absolute Gasteiger partial charge is 0.497 e. The molecule has 0 atom stereocenters. The van der Waals surface area contributed by atoms with Crippen LogP contribution in [0.15, 0.2) is 60.4 Å². The van der Waals surface area contributed by atoms with Gasteiger partial charge in [-0.1, -0.05) is 19.4 Å². The van der Waals surface area contributed by atoms with Crippen molar-refractivity contribution in [3.63, 3.8) is 0 Å². The number of imidazole rings is 1. The predicted molar refractivity (Wildman–Crippen MR) is 138 cm³/mol. The molecular formula is C28H29N3O5. The summed E-state index contributed by atoms with van der Waals surface area (Å²) in [6.45, 7) is 2.09. The summed E-state index contributed by atoms with van der Waals surface area (Å²) in [6.07, 6.45) is 7.89. The molecule has 0 radical (unpaired) electrons. The Bertz CT molecular complexity index is 1430. The van der Waals surface area contributed by atoms with Gasteiger partial charge in [-0.2, -0.15) is 0 Å². The van der Waals surface area contributed by atoms with Crippen LogP contribution in [0, 0.1) is 0 Å². The van der Waals surface area contributed by atoms with Crippen molar-refractivity contribution in [2.45, 2.75) is 32.6 Å². The topological polar surface area (TPSA) is 106 Å². The Balaban J connectivity index is 1.83. The van der Waals surface area contributed by atoms with Crippen molar-refractivity contribution < 1.29 is 24.2 Å². The fraction of sp³-hybridized carbons (Fsp3) is 0.250. The molecule has 0 aliphatic rings. The quantitative estimate of drug-likeness (QED) is 0.235. The van der Waals surface area contributed by atoms with Crippen LogP contribution in [0.1, 0.15) is 47.2 Å². The highest BCUT2D eigenvalue weighted by Crippen LogP contribution is 2.27. The van der Waals surface area contributed by atoms with Crippen LogP contribution < -0.4 is 4.74 Å². The number of aryl methyl sites for hydroxylation is 1. The summed E-state index contributed by atoms with van der Waals surface area (Å²) in [5, 5.41) is 11.1. The molecule has 4 rings (SSSR count). The second kappa shape index (κ2) is 10.9. The second-order valence-electron chi connectivity index (χ2n) is 8.46. The molecule has 8 nitrogen and oxygen atoms in total. The van der Waals surface area contributed by atoms with Crippen LogP contribution in [0.3, 0.4) is 0 Å². The Morgan fingerprint density at radius 1 is 1.14 bits per heavy atom. The smallest absolute Gasteiger partial charge is 0.340 e. The number of nitrogens with one attached hydrogen (secondary N) is 1. The van der Waals surface area contributed by atoms with Gasteiger partial charge in [0.25, 0.3) is 0 Å². The first-order valence-corrected chi connectivity index (χ1v) is 11.8. The van der Waals surface area contributed by atoms with Crippen molar-refractivity contribution in [3.8, 4) is 11.4 Å². The molecule has 36 heavy (non-hydrogen) atoms. The van der Waals surface area contributed by atoms with Gasteiger partial charge in [0, 0.05) is 30.1 Å². The normalized spacial score (nSPS) is 11.6. The third-order valence-electron chi connectivity index (χ3n) is 6.08. The number of ether oxygens (including phenoxy) is 2. The molecule has 2 N–H and O–H groups in total. The van der Waals surface area contributed by atoms with Gasteiger partial charge in [-0.05, 0) is 59.8 Å². The first-order valence-electron chi connectivity index (χ1n) is 11.8. The molecule has 186 valence electrons. The Morgan fingerprint density at radius 3 is 2.69 bits per heavy atom. The Kier molecular flexibility index (Phi) is 7.53. The van der Waals surface area contributed by atoms with E-state index in [1.807, 2.05) is 35.0 Å². The van der Waals surface area contributed by atoms with E-state index >= 15 is 0 Å². The molecule has 2 aromatic carbocycles. The molecule has 0 unspecified atom stereocenters. The first kappa shape index (κ1) is 24.8. The number of aromatic amines is 1. The number of esters is 1. The summed E-state index contributed by atoms with van der Waals surface area (Å²) >= 11 is 0. The SMILES string of the molecule is CCCCc1ncc(C=C(Cc2ccc3[nH]ccc3c2)C(=O)O)n1-c1ccc(OC)cc1C(=O)OC. The number of aliphatic carboxylic acids is 1. The number of aromatic nitrogens is 3. The highest BCUT2D eigenvalue weighted by molar-refractivity contribution is 5.95. The summed E-state index contributed by atoms with van der Waals surface area (Å²) in [7, 11) is 2.85. The molecule has 2 aromatic heterocycles. The standard InChI is InChI=1S/C28H29N3O5/c1-4-5-6-26-30-17-21(31(26)25-10-8-22(35-2)16-23(25)28(34)36-3)15-20(27(32)33)14-18-7-9-24-19(13-18)11-12-29-24/h7-13,15-17,29H,4-6,14H2,1-3H3,(H,32,33). The average Bonchev–Trinajstić information content (AvgIpc) is 3.52. The van der Waals surface area contributed by atoms with Crippen LogP contribution in [-0.4, -0.2) is 45.8 Å². The number of carboxylic acids is 1. The fourth-order valence-electron chi connectivity index (χ4n) is 4.21. The van der Waals surface area contributed by atoms with Crippen molar-refractivity contribution in [3.05, 3.63) is 83.1 Å². The van der Waals surface area contributed by atoms with Crippen LogP contribution in [0.4, 0.5) is 0 Å². The average molecular weight is 488 g/mol.